The van der Waals surface area contributed by atoms with Gasteiger partial charge in [-0.3, -0.25) is 0 Å². The Morgan fingerprint density at radius 1 is 1.58 bits per heavy atom. The Morgan fingerprint density at radius 3 is 2.75 bits per heavy atom. The first-order valence-electron chi connectivity index (χ1n) is 3.23. The van der Waals surface area contributed by atoms with Gasteiger partial charge >= 0.3 is 5.43 Å². The fourth-order valence-electron chi connectivity index (χ4n) is 0.775. The SMILES string of the molecule is Cc1ccc(OC(=O)Cl)c(I)c1. The summed E-state index contributed by atoms with van der Waals surface area (Å²) in [5.74, 6) is 0.501. The molecule has 0 atom stereocenters. The quantitative estimate of drug-likeness (QED) is 0.587. The van der Waals surface area contributed by atoms with Gasteiger partial charge < -0.3 is 4.74 Å². The maximum Gasteiger partial charge on any atom is 0.409 e. The fourth-order valence-corrected chi connectivity index (χ4v) is 1.64. The highest BCUT2D eigenvalue weighted by molar-refractivity contribution is 14.1. The summed E-state index contributed by atoms with van der Waals surface area (Å²) >= 11 is 7.14. The van der Waals surface area contributed by atoms with E-state index < -0.39 is 5.43 Å². The van der Waals surface area contributed by atoms with Crippen molar-refractivity contribution in [2.24, 2.45) is 0 Å². The minimum Gasteiger partial charge on any atom is -0.413 e. The summed E-state index contributed by atoms with van der Waals surface area (Å²) in [5, 5.41) is 0. The number of rotatable bonds is 1. The molecule has 0 heterocycles. The average molecular weight is 296 g/mol. The molecular weight excluding hydrogens is 290 g/mol. The summed E-state index contributed by atoms with van der Waals surface area (Å²) in [4.78, 5) is 10.4. The summed E-state index contributed by atoms with van der Waals surface area (Å²) in [5.41, 5.74) is 0.311. The van der Waals surface area contributed by atoms with Crippen molar-refractivity contribution in [3.05, 3.63) is 27.3 Å². The highest BCUT2D eigenvalue weighted by atomic mass is 127. The molecule has 0 unspecified atom stereocenters. The molecule has 0 radical (unpaired) electrons. The number of halogens is 2. The van der Waals surface area contributed by atoms with Gasteiger partial charge in [0, 0.05) is 11.6 Å². The van der Waals surface area contributed by atoms with E-state index in [1.807, 2.05) is 19.1 Å². The molecule has 0 N–H and O–H groups in total. The number of hydrogen-bond donors (Lipinski definition) is 0. The van der Waals surface area contributed by atoms with Crippen LogP contribution in [0.4, 0.5) is 4.79 Å². The van der Waals surface area contributed by atoms with Crippen molar-refractivity contribution < 1.29 is 9.53 Å². The molecule has 0 aliphatic heterocycles. The molecule has 0 fully saturated rings. The Labute approximate surface area is 89.0 Å². The van der Waals surface area contributed by atoms with E-state index in [1.165, 1.54) is 0 Å². The molecule has 0 bridgehead atoms. The highest BCUT2D eigenvalue weighted by Gasteiger charge is 2.04. The van der Waals surface area contributed by atoms with Crippen molar-refractivity contribution in [3.8, 4) is 5.75 Å². The molecule has 1 rings (SSSR count). The summed E-state index contributed by atoms with van der Waals surface area (Å²) in [7, 11) is 0. The predicted molar refractivity (Wildman–Crippen MR) is 55.8 cm³/mol. The van der Waals surface area contributed by atoms with Crippen LogP contribution in [0.1, 0.15) is 5.56 Å². The third kappa shape index (κ3) is 2.64. The average Bonchev–Trinajstić information content (AvgIpc) is 1.94. The van der Waals surface area contributed by atoms with Gasteiger partial charge in [-0.15, -0.1) is 0 Å². The zero-order valence-electron chi connectivity index (χ0n) is 6.30. The Bertz CT molecular complexity index is 312. The van der Waals surface area contributed by atoms with E-state index in [-0.39, 0.29) is 0 Å². The summed E-state index contributed by atoms with van der Waals surface area (Å²) in [6, 6.07) is 5.49. The van der Waals surface area contributed by atoms with Gasteiger partial charge in [-0.1, -0.05) is 6.07 Å². The smallest absolute Gasteiger partial charge is 0.409 e. The zero-order chi connectivity index (χ0) is 9.14. The lowest BCUT2D eigenvalue weighted by Gasteiger charge is -2.02. The topological polar surface area (TPSA) is 26.3 Å². The third-order valence-electron chi connectivity index (χ3n) is 1.28. The Balaban J connectivity index is 2.93. The minimum absolute atomic E-state index is 0.501. The van der Waals surface area contributed by atoms with Crippen LogP contribution in [-0.2, 0) is 0 Å². The molecule has 2 nitrogen and oxygen atoms in total. The van der Waals surface area contributed by atoms with E-state index in [0.29, 0.717) is 5.75 Å². The van der Waals surface area contributed by atoms with Crippen molar-refractivity contribution in [2.45, 2.75) is 6.92 Å². The van der Waals surface area contributed by atoms with Crippen LogP contribution in [0.3, 0.4) is 0 Å². The molecule has 0 saturated heterocycles. The molecule has 0 aromatic heterocycles. The molecule has 64 valence electrons. The summed E-state index contributed by atoms with van der Waals surface area (Å²) in [6.07, 6.45) is 0. The van der Waals surface area contributed by atoms with Gasteiger partial charge in [0.2, 0.25) is 0 Å². The van der Waals surface area contributed by atoms with Crippen LogP contribution >= 0.6 is 34.2 Å². The van der Waals surface area contributed by atoms with Crippen molar-refractivity contribution in [1.82, 2.24) is 0 Å². The summed E-state index contributed by atoms with van der Waals surface area (Å²) < 4.78 is 5.60. The van der Waals surface area contributed by atoms with E-state index in [9.17, 15) is 4.79 Å². The Kier molecular flexibility index (Phi) is 3.34. The second-order valence-corrected chi connectivity index (χ2v) is 3.74. The van der Waals surface area contributed by atoms with Crippen LogP contribution in [0.5, 0.6) is 5.75 Å². The fraction of sp³-hybridized carbons (Fsp3) is 0.125. The first kappa shape index (κ1) is 9.80. The second kappa shape index (κ2) is 4.09. The van der Waals surface area contributed by atoms with Gasteiger partial charge in [0.05, 0.1) is 3.57 Å². The molecule has 12 heavy (non-hydrogen) atoms. The molecule has 0 aliphatic carbocycles. The van der Waals surface area contributed by atoms with Crippen LogP contribution in [0.25, 0.3) is 0 Å². The number of carbonyl (C=O) groups excluding carboxylic acids is 1. The standard InChI is InChI=1S/C8H6ClIO2/c1-5-2-3-7(6(10)4-5)12-8(9)11/h2-4H,1H3. The molecular formula is C8H6ClIO2. The first-order chi connectivity index (χ1) is 5.59. The van der Waals surface area contributed by atoms with Crippen LogP contribution in [0, 0.1) is 10.5 Å². The van der Waals surface area contributed by atoms with Crippen molar-refractivity contribution in [3.63, 3.8) is 0 Å². The first-order valence-corrected chi connectivity index (χ1v) is 4.69. The highest BCUT2D eigenvalue weighted by Crippen LogP contribution is 2.22. The van der Waals surface area contributed by atoms with E-state index in [0.717, 1.165) is 9.13 Å². The zero-order valence-corrected chi connectivity index (χ0v) is 9.22. The van der Waals surface area contributed by atoms with E-state index in [2.05, 4.69) is 22.6 Å². The van der Waals surface area contributed by atoms with Crippen LogP contribution in [0.15, 0.2) is 18.2 Å². The number of ether oxygens (including phenoxy) is 1. The van der Waals surface area contributed by atoms with Gasteiger partial charge in [0.1, 0.15) is 5.75 Å². The third-order valence-corrected chi connectivity index (χ3v) is 2.20. The largest absolute Gasteiger partial charge is 0.413 e. The predicted octanol–water partition coefficient (Wildman–Crippen LogP) is 3.34. The molecule has 0 saturated carbocycles. The van der Waals surface area contributed by atoms with E-state index in [4.69, 9.17) is 16.3 Å². The lowest BCUT2D eigenvalue weighted by molar-refractivity contribution is 0.225. The minimum atomic E-state index is -0.809. The molecule has 0 amide bonds. The Hall–Kier alpha value is -0.290. The van der Waals surface area contributed by atoms with Crippen molar-refractivity contribution in [2.75, 3.05) is 0 Å². The van der Waals surface area contributed by atoms with E-state index >= 15 is 0 Å². The molecule has 0 aliphatic rings. The van der Waals surface area contributed by atoms with Crippen molar-refractivity contribution in [1.29, 1.82) is 0 Å². The van der Waals surface area contributed by atoms with Gasteiger partial charge in [-0.25, -0.2) is 4.79 Å². The lowest BCUT2D eigenvalue weighted by Crippen LogP contribution is -1.97. The maximum atomic E-state index is 10.4. The van der Waals surface area contributed by atoms with Crippen LogP contribution in [-0.4, -0.2) is 5.43 Å². The van der Waals surface area contributed by atoms with Gasteiger partial charge in [-0.2, -0.15) is 0 Å². The molecule has 1 aromatic carbocycles. The Morgan fingerprint density at radius 2 is 2.25 bits per heavy atom. The van der Waals surface area contributed by atoms with Gasteiger partial charge in [0.15, 0.2) is 0 Å². The second-order valence-electron chi connectivity index (χ2n) is 2.27. The normalized spacial score (nSPS) is 9.58. The maximum absolute atomic E-state index is 10.4. The molecule has 1 aromatic rings. The summed E-state index contributed by atoms with van der Waals surface area (Å²) in [6.45, 7) is 1.97. The number of benzene rings is 1. The number of aryl methyl sites for hydroxylation is 1. The van der Waals surface area contributed by atoms with Crippen molar-refractivity contribution >= 4 is 39.6 Å². The van der Waals surface area contributed by atoms with Crippen LogP contribution in [0.2, 0.25) is 0 Å². The number of carbonyl (C=O) groups is 1. The molecule has 4 heteroatoms. The molecule has 0 spiro atoms. The van der Waals surface area contributed by atoms with Gasteiger partial charge in [-0.05, 0) is 47.2 Å². The van der Waals surface area contributed by atoms with Crippen LogP contribution < -0.4 is 4.74 Å². The monoisotopic (exact) mass is 296 g/mol. The van der Waals surface area contributed by atoms with E-state index in [1.54, 1.807) is 6.07 Å². The number of hydrogen-bond acceptors (Lipinski definition) is 2. The lowest BCUT2D eigenvalue weighted by atomic mass is 10.2. The van der Waals surface area contributed by atoms with Gasteiger partial charge in [0.25, 0.3) is 0 Å².